The molecule has 188 valence electrons. The van der Waals surface area contributed by atoms with E-state index in [1.807, 2.05) is 42.5 Å². The zero-order valence-corrected chi connectivity index (χ0v) is 21.1. The maximum absolute atomic E-state index is 11.9. The maximum atomic E-state index is 11.9. The summed E-state index contributed by atoms with van der Waals surface area (Å²) in [7, 11) is 0. The lowest BCUT2D eigenvalue weighted by Crippen LogP contribution is -2.56. The van der Waals surface area contributed by atoms with Crippen LogP contribution in [0.3, 0.4) is 0 Å². The molecule has 1 aliphatic rings. The molecule has 0 bridgehead atoms. The smallest absolute Gasteiger partial charge is 0.341 e. The van der Waals surface area contributed by atoms with Crippen molar-refractivity contribution in [1.29, 1.82) is 0 Å². The number of carboxylic acid groups (broad SMARTS) is 1. The highest BCUT2D eigenvalue weighted by Gasteiger charge is 2.35. The summed E-state index contributed by atoms with van der Waals surface area (Å²) in [6.45, 7) is 8.42. The Morgan fingerprint density at radius 1 is 0.917 bits per heavy atom. The van der Waals surface area contributed by atoms with E-state index in [1.54, 1.807) is 13.0 Å². The van der Waals surface area contributed by atoms with Gasteiger partial charge in [-0.15, -0.1) is 0 Å². The van der Waals surface area contributed by atoms with Crippen LogP contribution in [0.1, 0.15) is 53.9 Å². The summed E-state index contributed by atoms with van der Waals surface area (Å²) in [5, 5.41) is 9.03. The predicted octanol–water partition coefficient (Wildman–Crippen LogP) is 5.04. The molecule has 1 N–H and O–H groups in total. The molecule has 1 heterocycles. The van der Waals surface area contributed by atoms with E-state index in [-0.39, 0.29) is 24.5 Å². The van der Waals surface area contributed by atoms with Crippen molar-refractivity contribution in [3.63, 3.8) is 0 Å². The number of piperazine rings is 1. The first-order valence-electron chi connectivity index (χ1n) is 12.4. The number of benzene rings is 3. The number of carbonyl (C=O) groups excluding carboxylic acids is 1. The molecule has 3 atom stereocenters. The molecule has 36 heavy (non-hydrogen) atoms. The van der Waals surface area contributed by atoms with Crippen molar-refractivity contribution in [3.8, 4) is 5.75 Å². The van der Waals surface area contributed by atoms with Gasteiger partial charge in [0.05, 0.1) is 6.04 Å². The molecule has 3 aromatic carbocycles. The molecular weight excluding hydrogens is 452 g/mol. The van der Waals surface area contributed by atoms with E-state index >= 15 is 0 Å². The molecule has 4 rings (SSSR count). The van der Waals surface area contributed by atoms with E-state index < -0.39 is 5.97 Å². The summed E-state index contributed by atoms with van der Waals surface area (Å²) < 4.78 is 5.49. The topological polar surface area (TPSA) is 70.1 Å². The van der Waals surface area contributed by atoms with Gasteiger partial charge in [-0.2, -0.15) is 0 Å². The van der Waals surface area contributed by atoms with E-state index in [4.69, 9.17) is 9.84 Å². The van der Waals surface area contributed by atoms with Crippen molar-refractivity contribution in [2.75, 3.05) is 19.7 Å². The summed E-state index contributed by atoms with van der Waals surface area (Å²) >= 11 is 0. The molecule has 0 saturated carbocycles. The molecule has 0 aromatic heterocycles. The van der Waals surface area contributed by atoms with Gasteiger partial charge < -0.3 is 9.84 Å². The number of Topliss-reactive ketones (excluding diaryl/α,β-unsaturated/α-hetero) is 1. The zero-order valence-electron chi connectivity index (χ0n) is 21.1. The number of ether oxygens (including phenoxy) is 1. The molecule has 3 aromatic rings. The van der Waals surface area contributed by atoms with E-state index in [1.165, 1.54) is 5.56 Å². The lowest BCUT2D eigenvalue weighted by molar-refractivity contribution is -0.139. The molecular formula is C30H34N2O4. The van der Waals surface area contributed by atoms with Crippen molar-refractivity contribution in [2.45, 2.75) is 45.4 Å². The van der Waals surface area contributed by atoms with Gasteiger partial charge in [0.2, 0.25) is 0 Å². The van der Waals surface area contributed by atoms with Crippen molar-refractivity contribution in [2.24, 2.45) is 0 Å². The quantitative estimate of drug-likeness (QED) is 0.428. The molecule has 1 saturated heterocycles. The van der Waals surface area contributed by atoms with Gasteiger partial charge in [0, 0.05) is 37.3 Å². The first-order valence-corrected chi connectivity index (χ1v) is 12.4. The summed E-state index contributed by atoms with van der Waals surface area (Å²) in [6, 6.07) is 26.6. The molecule has 1 fully saturated rings. The van der Waals surface area contributed by atoms with E-state index in [9.17, 15) is 9.59 Å². The zero-order chi connectivity index (χ0) is 25.7. The average molecular weight is 487 g/mol. The molecule has 1 aliphatic heterocycles. The Morgan fingerprint density at radius 2 is 1.64 bits per heavy atom. The van der Waals surface area contributed by atoms with Crippen LogP contribution in [0.15, 0.2) is 78.9 Å². The minimum absolute atomic E-state index is 0.0404. The summed E-state index contributed by atoms with van der Waals surface area (Å²) in [5.41, 5.74) is 4.12. The Morgan fingerprint density at radius 3 is 2.31 bits per heavy atom. The van der Waals surface area contributed by atoms with E-state index in [0.29, 0.717) is 17.4 Å². The Kier molecular flexibility index (Phi) is 8.18. The Labute approximate surface area is 213 Å². The number of hydrogen-bond acceptors (Lipinski definition) is 5. The molecule has 0 radical (unpaired) electrons. The van der Waals surface area contributed by atoms with Gasteiger partial charge in [0.1, 0.15) is 5.75 Å². The van der Waals surface area contributed by atoms with Crippen LogP contribution in [0.5, 0.6) is 5.75 Å². The molecule has 0 aliphatic carbocycles. The second-order valence-corrected chi connectivity index (χ2v) is 9.65. The normalized spacial score (nSPS) is 19.5. The van der Waals surface area contributed by atoms with Gasteiger partial charge in [-0.1, -0.05) is 66.7 Å². The number of aliphatic carboxylic acids is 1. The second kappa shape index (κ2) is 11.5. The Hall–Kier alpha value is -3.48. The average Bonchev–Trinajstić information content (AvgIpc) is 2.87. The minimum Gasteiger partial charge on any atom is -0.482 e. The monoisotopic (exact) mass is 486 g/mol. The number of ketones is 1. The highest BCUT2D eigenvalue weighted by Crippen LogP contribution is 2.35. The first-order chi connectivity index (χ1) is 17.3. The summed E-state index contributed by atoms with van der Waals surface area (Å²) in [6.07, 6.45) is 0. The number of nitrogens with zero attached hydrogens (tertiary/aromatic N) is 2. The SMILES string of the molecule is CC(=O)c1ccc([C@H](c2cccc(OCC(=O)O)c2)N2C[C@@H](C)N(Cc3ccccc3)C[C@@H]2C)cc1. The van der Waals surface area contributed by atoms with Crippen molar-refractivity contribution < 1.29 is 19.4 Å². The highest BCUT2D eigenvalue weighted by molar-refractivity contribution is 5.94. The number of carboxylic acids is 1. The first kappa shape index (κ1) is 25.6. The fourth-order valence-electron chi connectivity index (χ4n) is 5.02. The van der Waals surface area contributed by atoms with Crippen LogP contribution < -0.4 is 4.74 Å². The number of hydrogen-bond donors (Lipinski definition) is 1. The van der Waals surface area contributed by atoms with Crippen LogP contribution in [-0.2, 0) is 11.3 Å². The van der Waals surface area contributed by atoms with Crippen LogP contribution in [0.25, 0.3) is 0 Å². The molecule has 6 heteroatoms. The lowest BCUT2D eigenvalue weighted by Gasteiger charge is -2.47. The third-order valence-electron chi connectivity index (χ3n) is 6.89. The van der Waals surface area contributed by atoms with E-state index in [2.05, 4.69) is 54.0 Å². The van der Waals surface area contributed by atoms with Gasteiger partial charge in [-0.25, -0.2) is 4.79 Å². The van der Waals surface area contributed by atoms with Crippen molar-refractivity contribution >= 4 is 11.8 Å². The number of rotatable bonds is 9. The van der Waals surface area contributed by atoms with Crippen molar-refractivity contribution in [3.05, 3.63) is 101 Å². The fourth-order valence-corrected chi connectivity index (χ4v) is 5.02. The predicted molar refractivity (Wildman–Crippen MR) is 140 cm³/mol. The van der Waals surface area contributed by atoms with Crippen LogP contribution >= 0.6 is 0 Å². The molecule has 0 spiro atoms. The van der Waals surface area contributed by atoms with Gasteiger partial charge in [0.15, 0.2) is 12.4 Å². The van der Waals surface area contributed by atoms with Crippen LogP contribution in [0.4, 0.5) is 0 Å². The van der Waals surface area contributed by atoms with Gasteiger partial charge in [-0.05, 0) is 49.6 Å². The van der Waals surface area contributed by atoms with Crippen LogP contribution in [-0.4, -0.2) is 58.4 Å². The van der Waals surface area contributed by atoms with Crippen LogP contribution in [0, 0.1) is 0 Å². The van der Waals surface area contributed by atoms with E-state index in [0.717, 1.165) is 30.8 Å². The van der Waals surface area contributed by atoms with Gasteiger partial charge >= 0.3 is 5.97 Å². The van der Waals surface area contributed by atoms with Gasteiger partial charge in [-0.3, -0.25) is 14.6 Å². The maximum Gasteiger partial charge on any atom is 0.341 e. The Balaban J connectivity index is 1.64. The molecule has 0 amide bonds. The van der Waals surface area contributed by atoms with Crippen LogP contribution in [0.2, 0.25) is 0 Å². The minimum atomic E-state index is -1.01. The molecule has 0 unspecified atom stereocenters. The largest absolute Gasteiger partial charge is 0.482 e. The fraction of sp³-hybridized carbons (Fsp3) is 0.333. The third kappa shape index (κ3) is 6.20. The van der Waals surface area contributed by atoms with Crippen molar-refractivity contribution in [1.82, 2.24) is 9.80 Å². The third-order valence-corrected chi connectivity index (χ3v) is 6.89. The Bertz CT molecular complexity index is 1180. The van der Waals surface area contributed by atoms with Gasteiger partial charge in [0.25, 0.3) is 0 Å². The second-order valence-electron chi connectivity index (χ2n) is 9.65. The molecule has 6 nitrogen and oxygen atoms in total. The number of carbonyl (C=O) groups is 2. The standard InChI is InChI=1S/C30H34N2O4/c1-21-18-32(22(2)17-31(21)19-24-8-5-4-6-9-24)30(26-14-12-25(13-15-26)23(3)33)27-10-7-11-28(16-27)36-20-29(34)35/h4-16,21-22,30H,17-20H2,1-3H3,(H,34,35)/t21-,22+,30-/m1/s1. The summed E-state index contributed by atoms with van der Waals surface area (Å²) in [4.78, 5) is 27.9. The highest BCUT2D eigenvalue weighted by atomic mass is 16.5. The summed E-state index contributed by atoms with van der Waals surface area (Å²) in [5.74, 6) is -0.434. The lowest BCUT2D eigenvalue weighted by atomic mass is 9.92.